The molecule has 2 unspecified atom stereocenters. The zero-order valence-electron chi connectivity index (χ0n) is 12.4. The van der Waals surface area contributed by atoms with Crippen LogP contribution in [0.1, 0.15) is 30.3 Å². The minimum absolute atomic E-state index is 0.131. The Kier molecular flexibility index (Phi) is 3.55. The average molecular weight is 287 g/mol. The molecule has 112 valence electrons. The van der Waals surface area contributed by atoms with E-state index >= 15 is 0 Å². The van der Waals surface area contributed by atoms with E-state index in [4.69, 9.17) is 5.73 Å². The monoisotopic (exact) mass is 287 g/mol. The second-order valence-corrected chi connectivity index (χ2v) is 5.90. The Hall–Kier alpha value is -2.08. The summed E-state index contributed by atoms with van der Waals surface area (Å²) in [6, 6.07) is 6.10. The van der Waals surface area contributed by atoms with Crippen molar-refractivity contribution in [3.05, 3.63) is 23.9 Å². The average Bonchev–Trinajstić information content (AvgIpc) is 2.86. The molecule has 1 aliphatic heterocycles. The van der Waals surface area contributed by atoms with Gasteiger partial charge in [-0.2, -0.15) is 5.10 Å². The van der Waals surface area contributed by atoms with Crippen molar-refractivity contribution >= 4 is 22.5 Å². The zero-order chi connectivity index (χ0) is 15.0. The number of aromatic amines is 1. The highest BCUT2D eigenvalue weighted by atomic mass is 16.2. The lowest BCUT2D eigenvalue weighted by molar-refractivity contribution is 0.0893. The predicted octanol–water partition coefficient (Wildman–Crippen LogP) is 1.36. The number of nitrogen functional groups attached to an aromatic ring is 1. The highest BCUT2D eigenvalue weighted by molar-refractivity contribution is 6.05. The van der Waals surface area contributed by atoms with E-state index in [2.05, 4.69) is 34.4 Å². The van der Waals surface area contributed by atoms with Crippen LogP contribution in [0, 0.1) is 0 Å². The van der Waals surface area contributed by atoms with E-state index in [0.717, 1.165) is 30.3 Å². The Morgan fingerprint density at radius 3 is 3.10 bits per heavy atom. The second kappa shape index (κ2) is 5.37. The molecule has 1 amide bonds. The number of hydrogen-bond donors (Lipinski definition) is 3. The predicted molar refractivity (Wildman–Crippen MR) is 83.1 cm³/mol. The van der Waals surface area contributed by atoms with Gasteiger partial charge in [-0.05, 0) is 45.0 Å². The first kappa shape index (κ1) is 13.9. The molecule has 1 aromatic heterocycles. The smallest absolute Gasteiger partial charge is 0.272 e. The highest BCUT2D eigenvalue weighted by Crippen LogP contribution is 2.20. The van der Waals surface area contributed by atoms with Crippen LogP contribution in [0.15, 0.2) is 18.2 Å². The number of H-pyrrole nitrogens is 1. The lowest BCUT2D eigenvalue weighted by Gasteiger charge is -2.35. The minimum Gasteiger partial charge on any atom is -0.399 e. The standard InChI is InChI=1S/C15H21N5O/c1-9-7-11(5-6-20(9)2)17-15(21)14-12-8-10(16)3-4-13(12)18-19-14/h3-4,8-9,11H,5-7,16H2,1-2H3,(H,17,21)(H,18,19). The highest BCUT2D eigenvalue weighted by Gasteiger charge is 2.25. The number of fused-ring (bicyclic) bond motifs is 1. The van der Waals surface area contributed by atoms with Gasteiger partial charge in [0.05, 0.1) is 5.52 Å². The first-order valence-corrected chi connectivity index (χ1v) is 7.29. The fraction of sp³-hybridized carbons (Fsp3) is 0.467. The summed E-state index contributed by atoms with van der Waals surface area (Å²) < 4.78 is 0. The summed E-state index contributed by atoms with van der Waals surface area (Å²) in [6.45, 7) is 3.18. The first-order chi connectivity index (χ1) is 10.0. The number of nitrogens with two attached hydrogens (primary N) is 1. The van der Waals surface area contributed by atoms with Crippen LogP contribution < -0.4 is 11.1 Å². The van der Waals surface area contributed by atoms with Crippen molar-refractivity contribution in [2.75, 3.05) is 19.3 Å². The van der Waals surface area contributed by atoms with Crippen LogP contribution in [-0.2, 0) is 0 Å². The Bertz CT molecular complexity index is 665. The number of carbonyl (C=O) groups is 1. The van der Waals surface area contributed by atoms with Crippen molar-refractivity contribution in [2.45, 2.75) is 31.8 Å². The fourth-order valence-electron chi connectivity index (χ4n) is 2.88. The number of anilines is 1. The number of carbonyl (C=O) groups excluding carboxylic acids is 1. The van der Waals surface area contributed by atoms with Crippen LogP contribution >= 0.6 is 0 Å². The molecule has 0 bridgehead atoms. The SMILES string of the molecule is CC1CC(NC(=O)c2n[nH]c3ccc(N)cc23)CCN1C. The van der Waals surface area contributed by atoms with Gasteiger partial charge in [0.25, 0.3) is 5.91 Å². The van der Waals surface area contributed by atoms with Gasteiger partial charge in [-0.25, -0.2) is 0 Å². The van der Waals surface area contributed by atoms with E-state index in [1.807, 2.05) is 6.07 Å². The van der Waals surface area contributed by atoms with Gasteiger partial charge in [0.2, 0.25) is 0 Å². The van der Waals surface area contributed by atoms with E-state index < -0.39 is 0 Å². The zero-order valence-corrected chi connectivity index (χ0v) is 12.4. The number of hydrogen-bond acceptors (Lipinski definition) is 4. The normalized spacial score (nSPS) is 23.3. The lowest BCUT2D eigenvalue weighted by Crippen LogP contribution is -2.47. The number of likely N-dealkylation sites (tertiary alicyclic amines) is 1. The molecule has 21 heavy (non-hydrogen) atoms. The number of piperidine rings is 1. The number of nitrogens with zero attached hydrogens (tertiary/aromatic N) is 2. The molecular weight excluding hydrogens is 266 g/mol. The van der Waals surface area contributed by atoms with Gasteiger partial charge in [0.1, 0.15) is 0 Å². The van der Waals surface area contributed by atoms with Crippen molar-refractivity contribution in [2.24, 2.45) is 0 Å². The number of amides is 1. The fourth-order valence-corrected chi connectivity index (χ4v) is 2.88. The number of nitrogens with one attached hydrogen (secondary N) is 2. The van der Waals surface area contributed by atoms with E-state index in [1.54, 1.807) is 12.1 Å². The molecule has 3 rings (SSSR count). The van der Waals surface area contributed by atoms with Gasteiger partial charge in [-0.1, -0.05) is 0 Å². The summed E-state index contributed by atoms with van der Waals surface area (Å²) in [5.41, 5.74) is 7.67. The third-order valence-electron chi connectivity index (χ3n) is 4.35. The molecule has 6 heteroatoms. The van der Waals surface area contributed by atoms with Crippen molar-refractivity contribution in [1.82, 2.24) is 20.4 Å². The Morgan fingerprint density at radius 1 is 1.52 bits per heavy atom. The van der Waals surface area contributed by atoms with Crippen molar-refractivity contribution in [3.8, 4) is 0 Å². The van der Waals surface area contributed by atoms with Crippen LogP contribution in [0.3, 0.4) is 0 Å². The van der Waals surface area contributed by atoms with E-state index in [9.17, 15) is 4.79 Å². The first-order valence-electron chi connectivity index (χ1n) is 7.29. The van der Waals surface area contributed by atoms with Gasteiger partial charge in [0.15, 0.2) is 5.69 Å². The van der Waals surface area contributed by atoms with Crippen LogP contribution in [-0.4, -0.2) is 46.7 Å². The molecule has 2 heterocycles. The van der Waals surface area contributed by atoms with Crippen LogP contribution in [0.5, 0.6) is 0 Å². The minimum atomic E-state index is -0.131. The second-order valence-electron chi connectivity index (χ2n) is 5.90. The van der Waals surface area contributed by atoms with E-state index in [1.165, 1.54) is 0 Å². The summed E-state index contributed by atoms with van der Waals surface area (Å²) in [4.78, 5) is 14.8. The van der Waals surface area contributed by atoms with Crippen LogP contribution in [0.2, 0.25) is 0 Å². The van der Waals surface area contributed by atoms with Gasteiger partial charge in [0, 0.05) is 29.7 Å². The molecule has 1 fully saturated rings. The Balaban J connectivity index is 1.77. The maximum Gasteiger partial charge on any atom is 0.272 e. The van der Waals surface area contributed by atoms with E-state index in [-0.39, 0.29) is 11.9 Å². The van der Waals surface area contributed by atoms with Crippen LogP contribution in [0.25, 0.3) is 10.9 Å². The maximum atomic E-state index is 12.4. The summed E-state index contributed by atoms with van der Waals surface area (Å²) in [7, 11) is 2.12. The third-order valence-corrected chi connectivity index (χ3v) is 4.35. The molecule has 0 saturated carbocycles. The quantitative estimate of drug-likeness (QED) is 0.728. The largest absolute Gasteiger partial charge is 0.399 e. The molecule has 1 aromatic carbocycles. The summed E-state index contributed by atoms with van der Waals surface area (Å²) in [5, 5.41) is 10.9. The van der Waals surface area contributed by atoms with Gasteiger partial charge in [-0.15, -0.1) is 0 Å². The number of benzene rings is 1. The molecule has 0 radical (unpaired) electrons. The summed E-state index contributed by atoms with van der Waals surface area (Å²) in [5.74, 6) is -0.131. The van der Waals surface area contributed by atoms with Gasteiger partial charge < -0.3 is 16.0 Å². The molecule has 4 N–H and O–H groups in total. The number of aromatic nitrogens is 2. The third kappa shape index (κ3) is 2.71. The van der Waals surface area contributed by atoms with Gasteiger partial charge in [-0.3, -0.25) is 9.89 Å². The van der Waals surface area contributed by atoms with Crippen molar-refractivity contribution in [3.63, 3.8) is 0 Å². The maximum absolute atomic E-state index is 12.4. The molecule has 6 nitrogen and oxygen atoms in total. The molecular formula is C15H21N5O. The summed E-state index contributed by atoms with van der Waals surface area (Å²) in [6.07, 6.45) is 1.93. The molecule has 0 spiro atoms. The summed E-state index contributed by atoms with van der Waals surface area (Å²) >= 11 is 0. The molecule has 2 atom stereocenters. The van der Waals surface area contributed by atoms with Gasteiger partial charge >= 0.3 is 0 Å². The lowest BCUT2D eigenvalue weighted by atomic mass is 9.99. The topological polar surface area (TPSA) is 87.0 Å². The van der Waals surface area contributed by atoms with Crippen LogP contribution in [0.4, 0.5) is 5.69 Å². The molecule has 0 aliphatic carbocycles. The van der Waals surface area contributed by atoms with Crippen molar-refractivity contribution in [1.29, 1.82) is 0 Å². The van der Waals surface area contributed by atoms with E-state index in [0.29, 0.717) is 17.4 Å². The molecule has 2 aromatic rings. The Labute approximate surface area is 123 Å². The molecule has 1 aliphatic rings. The molecule has 1 saturated heterocycles. The number of rotatable bonds is 2. The van der Waals surface area contributed by atoms with Crippen molar-refractivity contribution < 1.29 is 4.79 Å². The Morgan fingerprint density at radius 2 is 2.33 bits per heavy atom.